The third kappa shape index (κ3) is 4.46. The van der Waals surface area contributed by atoms with Crippen LogP contribution in [0.2, 0.25) is 0 Å². The van der Waals surface area contributed by atoms with E-state index >= 15 is 0 Å². The summed E-state index contributed by atoms with van der Waals surface area (Å²) in [7, 11) is 0. The molecule has 0 amide bonds. The lowest BCUT2D eigenvalue weighted by atomic mass is 10.1. The van der Waals surface area contributed by atoms with Gasteiger partial charge in [0, 0.05) is 13.2 Å². The zero-order valence-corrected chi connectivity index (χ0v) is 9.61. The molecule has 0 radical (unpaired) electrons. The number of hydrogen-bond acceptors (Lipinski definition) is 5. The number of rotatable bonds is 7. The largest absolute Gasteiger partial charge is 0.396 e. The van der Waals surface area contributed by atoms with Gasteiger partial charge in [0.25, 0.3) is 0 Å². The minimum absolute atomic E-state index is 0.255. The fourth-order valence-corrected chi connectivity index (χ4v) is 1.37. The van der Waals surface area contributed by atoms with Crippen LogP contribution in [0.5, 0.6) is 0 Å². The van der Waals surface area contributed by atoms with Crippen molar-refractivity contribution in [3.05, 3.63) is 18.2 Å². The molecule has 0 saturated heterocycles. The summed E-state index contributed by atoms with van der Waals surface area (Å²) in [5.41, 5.74) is 2.50. The average molecular weight is 224 g/mol. The first-order chi connectivity index (χ1) is 7.76. The predicted molar refractivity (Wildman–Crippen MR) is 66.0 cm³/mol. The Bertz CT molecular complexity index is 306. The molecule has 16 heavy (non-hydrogen) atoms. The summed E-state index contributed by atoms with van der Waals surface area (Å²) >= 11 is 0. The maximum atomic E-state index is 8.86. The molecule has 1 unspecified atom stereocenters. The van der Waals surface area contributed by atoms with Crippen molar-refractivity contribution < 1.29 is 5.11 Å². The second kappa shape index (κ2) is 7.03. The van der Waals surface area contributed by atoms with Crippen molar-refractivity contribution >= 4 is 11.6 Å². The standard InChI is InChI=1S/C11H20N4O/c1-9(8-16)4-3-7-13-10-5-2-6-11(14-10)15-12/h2,5-6,9,16H,3-4,7-8,12H2,1H3,(H2,13,14,15). The normalized spacial score (nSPS) is 12.2. The van der Waals surface area contributed by atoms with E-state index in [1.807, 2.05) is 19.1 Å². The summed E-state index contributed by atoms with van der Waals surface area (Å²) in [5.74, 6) is 7.09. The van der Waals surface area contributed by atoms with E-state index < -0.39 is 0 Å². The molecule has 5 nitrogen and oxygen atoms in total. The van der Waals surface area contributed by atoms with Gasteiger partial charge >= 0.3 is 0 Å². The van der Waals surface area contributed by atoms with Gasteiger partial charge in [0.2, 0.25) is 0 Å². The Hall–Kier alpha value is -1.33. The zero-order valence-electron chi connectivity index (χ0n) is 9.61. The quantitative estimate of drug-likeness (QED) is 0.318. The van der Waals surface area contributed by atoms with Gasteiger partial charge < -0.3 is 15.8 Å². The third-order valence-corrected chi connectivity index (χ3v) is 2.39. The highest BCUT2D eigenvalue weighted by atomic mass is 16.3. The minimum atomic E-state index is 0.255. The van der Waals surface area contributed by atoms with Gasteiger partial charge in [-0.1, -0.05) is 13.0 Å². The van der Waals surface area contributed by atoms with Crippen molar-refractivity contribution in [2.75, 3.05) is 23.9 Å². The van der Waals surface area contributed by atoms with E-state index in [9.17, 15) is 0 Å². The highest BCUT2D eigenvalue weighted by Gasteiger charge is 1.99. The summed E-state index contributed by atoms with van der Waals surface area (Å²) in [4.78, 5) is 4.23. The lowest BCUT2D eigenvalue weighted by Crippen LogP contribution is -2.11. The monoisotopic (exact) mass is 224 g/mol. The van der Waals surface area contributed by atoms with Gasteiger partial charge in [-0.25, -0.2) is 10.8 Å². The van der Waals surface area contributed by atoms with E-state index in [1.165, 1.54) is 0 Å². The smallest absolute Gasteiger partial charge is 0.142 e. The summed E-state index contributed by atoms with van der Waals surface area (Å²) in [6, 6.07) is 5.59. The van der Waals surface area contributed by atoms with Crippen LogP contribution in [0.3, 0.4) is 0 Å². The van der Waals surface area contributed by atoms with E-state index in [4.69, 9.17) is 10.9 Å². The van der Waals surface area contributed by atoms with Crippen molar-refractivity contribution in [2.45, 2.75) is 19.8 Å². The molecule has 1 heterocycles. The molecule has 0 saturated carbocycles. The number of pyridine rings is 1. The van der Waals surface area contributed by atoms with E-state index in [-0.39, 0.29) is 6.61 Å². The SMILES string of the molecule is CC(CO)CCCNc1cccc(NN)n1. The topological polar surface area (TPSA) is 83.2 Å². The van der Waals surface area contributed by atoms with Gasteiger partial charge in [0.1, 0.15) is 11.6 Å². The lowest BCUT2D eigenvalue weighted by Gasteiger charge is -2.09. The molecule has 1 aromatic rings. The predicted octanol–water partition coefficient (Wildman–Crippen LogP) is 1.19. The maximum absolute atomic E-state index is 8.86. The maximum Gasteiger partial charge on any atom is 0.142 e. The summed E-state index contributed by atoms with van der Waals surface area (Å²) in [5, 5.41) is 12.1. The molecule has 0 aromatic carbocycles. The number of hydrazine groups is 1. The molecule has 90 valence electrons. The lowest BCUT2D eigenvalue weighted by molar-refractivity contribution is 0.229. The van der Waals surface area contributed by atoms with Crippen LogP contribution < -0.4 is 16.6 Å². The summed E-state index contributed by atoms with van der Waals surface area (Å²) in [6.45, 7) is 3.15. The van der Waals surface area contributed by atoms with Gasteiger partial charge in [-0.05, 0) is 30.9 Å². The Morgan fingerprint density at radius 1 is 1.44 bits per heavy atom. The molecule has 5 N–H and O–H groups in total. The number of nitrogens with one attached hydrogen (secondary N) is 2. The molecular weight excluding hydrogens is 204 g/mol. The number of anilines is 2. The van der Waals surface area contributed by atoms with Gasteiger partial charge in [-0.15, -0.1) is 0 Å². The van der Waals surface area contributed by atoms with E-state index in [0.29, 0.717) is 11.7 Å². The van der Waals surface area contributed by atoms with Crippen LogP contribution in [0, 0.1) is 5.92 Å². The molecule has 0 aliphatic carbocycles. The van der Waals surface area contributed by atoms with Crippen molar-refractivity contribution in [3.8, 4) is 0 Å². The Morgan fingerprint density at radius 3 is 2.88 bits per heavy atom. The molecule has 0 spiro atoms. The van der Waals surface area contributed by atoms with Crippen molar-refractivity contribution in [1.29, 1.82) is 0 Å². The molecule has 1 rings (SSSR count). The van der Waals surface area contributed by atoms with E-state index in [1.54, 1.807) is 6.07 Å². The van der Waals surface area contributed by atoms with Crippen LogP contribution >= 0.6 is 0 Å². The van der Waals surface area contributed by atoms with E-state index in [0.717, 1.165) is 25.2 Å². The van der Waals surface area contributed by atoms with Crippen LogP contribution in [0.4, 0.5) is 11.6 Å². The number of nitrogens with zero attached hydrogens (tertiary/aromatic N) is 1. The number of nitrogens with two attached hydrogens (primary N) is 1. The Balaban J connectivity index is 2.26. The first-order valence-corrected chi connectivity index (χ1v) is 5.54. The minimum Gasteiger partial charge on any atom is -0.396 e. The number of aliphatic hydroxyl groups excluding tert-OH is 1. The number of aliphatic hydroxyl groups is 1. The fourth-order valence-electron chi connectivity index (χ4n) is 1.37. The first-order valence-electron chi connectivity index (χ1n) is 5.54. The van der Waals surface area contributed by atoms with Gasteiger partial charge in [0.05, 0.1) is 0 Å². The average Bonchev–Trinajstić information content (AvgIpc) is 2.34. The van der Waals surface area contributed by atoms with Gasteiger partial charge in [-0.2, -0.15) is 0 Å². The highest BCUT2D eigenvalue weighted by Crippen LogP contribution is 2.09. The second-order valence-electron chi connectivity index (χ2n) is 3.91. The van der Waals surface area contributed by atoms with Crippen LogP contribution in [-0.2, 0) is 0 Å². The van der Waals surface area contributed by atoms with Gasteiger partial charge in [0.15, 0.2) is 0 Å². The van der Waals surface area contributed by atoms with Crippen molar-refractivity contribution in [2.24, 2.45) is 11.8 Å². The molecule has 0 aliphatic heterocycles. The van der Waals surface area contributed by atoms with Crippen molar-refractivity contribution in [3.63, 3.8) is 0 Å². The van der Waals surface area contributed by atoms with E-state index in [2.05, 4.69) is 15.7 Å². The van der Waals surface area contributed by atoms with Crippen LogP contribution in [0.1, 0.15) is 19.8 Å². The summed E-state index contributed by atoms with van der Waals surface area (Å²) < 4.78 is 0. The highest BCUT2D eigenvalue weighted by molar-refractivity contribution is 5.44. The van der Waals surface area contributed by atoms with Crippen molar-refractivity contribution in [1.82, 2.24) is 4.98 Å². The first kappa shape index (κ1) is 12.7. The second-order valence-corrected chi connectivity index (χ2v) is 3.91. The molecule has 1 aromatic heterocycles. The third-order valence-electron chi connectivity index (χ3n) is 2.39. The molecule has 1 atom stereocenters. The number of nitrogen functional groups attached to an aromatic ring is 1. The molecule has 0 fully saturated rings. The van der Waals surface area contributed by atoms with Crippen LogP contribution in [0.25, 0.3) is 0 Å². The Morgan fingerprint density at radius 2 is 2.19 bits per heavy atom. The van der Waals surface area contributed by atoms with Crippen LogP contribution in [0.15, 0.2) is 18.2 Å². The number of hydrogen-bond donors (Lipinski definition) is 4. The van der Waals surface area contributed by atoms with Gasteiger partial charge in [-0.3, -0.25) is 0 Å². The molecular formula is C11H20N4O. The summed E-state index contributed by atoms with van der Waals surface area (Å²) in [6.07, 6.45) is 2.03. The Kier molecular flexibility index (Phi) is 5.60. The molecule has 5 heteroatoms. The number of aromatic nitrogens is 1. The zero-order chi connectivity index (χ0) is 11.8. The van der Waals surface area contributed by atoms with Crippen LogP contribution in [-0.4, -0.2) is 23.2 Å². The molecule has 0 aliphatic rings. The Labute approximate surface area is 96.0 Å². The fraction of sp³-hybridized carbons (Fsp3) is 0.545. The molecule has 0 bridgehead atoms.